The molecule has 1 rings (SSSR count). The van der Waals surface area contributed by atoms with Gasteiger partial charge in [-0.3, -0.25) is 0 Å². The van der Waals surface area contributed by atoms with Crippen molar-refractivity contribution in [3.05, 3.63) is 18.3 Å². The molecule has 0 bridgehead atoms. The summed E-state index contributed by atoms with van der Waals surface area (Å²) in [5.74, 6) is 1.46. The van der Waals surface area contributed by atoms with Gasteiger partial charge in [-0.1, -0.05) is 13.8 Å². The zero-order chi connectivity index (χ0) is 10.4. The van der Waals surface area contributed by atoms with Crippen LogP contribution in [-0.4, -0.2) is 16.7 Å². The monoisotopic (exact) mass is 195 g/mol. The van der Waals surface area contributed by atoms with Crippen LogP contribution in [0.3, 0.4) is 0 Å². The smallest absolute Gasteiger partial charge is 0.213 e. The van der Waals surface area contributed by atoms with E-state index in [1.54, 1.807) is 12.1 Å². The lowest BCUT2D eigenvalue weighted by Crippen LogP contribution is -2.00. The van der Waals surface area contributed by atoms with Crippen LogP contribution in [0.25, 0.3) is 0 Å². The molecule has 1 N–H and O–H groups in total. The van der Waals surface area contributed by atoms with Gasteiger partial charge in [0.1, 0.15) is 5.75 Å². The molecule has 0 fully saturated rings. The maximum atomic E-state index is 8.98. The summed E-state index contributed by atoms with van der Waals surface area (Å²) in [6.45, 7) is 5.08. The van der Waals surface area contributed by atoms with Gasteiger partial charge in [0.25, 0.3) is 0 Å². The summed E-state index contributed by atoms with van der Waals surface area (Å²) in [6.07, 6.45) is 3.59. The van der Waals surface area contributed by atoms with E-state index in [1.165, 1.54) is 6.20 Å². The molecule has 0 aromatic carbocycles. The summed E-state index contributed by atoms with van der Waals surface area (Å²) < 4.78 is 5.39. The van der Waals surface area contributed by atoms with Gasteiger partial charge in [-0.25, -0.2) is 4.98 Å². The standard InChI is InChI=1S/C11H17NO2/c1-9(2)4-3-7-14-11-6-5-10(13)8-12-11/h5-6,8-9,13H,3-4,7H2,1-2H3. The highest BCUT2D eigenvalue weighted by Gasteiger charge is 1.97. The molecule has 0 amide bonds. The topological polar surface area (TPSA) is 42.4 Å². The number of aromatic nitrogens is 1. The van der Waals surface area contributed by atoms with E-state index in [-0.39, 0.29) is 5.75 Å². The lowest BCUT2D eigenvalue weighted by Gasteiger charge is -2.06. The van der Waals surface area contributed by atoms with Crippen molar-refractivity contribution >= 4 is 0 Å². The third-order valence-corrected chi connectivity index (χ3v) is 1.90. The Bertz CT molecular complexity index is 256. The average molecular weight is 195 g/mol. The van der Waals surface area contributed by atoms with Crippen LogP contribution < -0.4 is 4.74 Å². The average Bonchev–Trinajstić information content (AvgIpc) is 2.15. The minimum absolute atomic E-state index is 0.166. The molecule has 0 aliphatic rings. The van der Waals surface area contributed by atoms with Gasteiger partial charge >= 0.3 is 0 Å². The Kier molecular flexibility index (Phi) is 4.23. The van der Waals surface area contributed by atoms with Crippen molar-refractivity contribution in [3.63, 3.8) is 0 Å². The van der Waals surface area contributed by atoms with Crippen LogP contribution in [0.5, 0.6) is 11.6 Å². The Hall–Kier alpha value is -1.25. The molecule has 0 unspecified atom stereocenters. The van der Waals surface area contributed by atoms with Gasteiger partial charge < -0.3 is 9.84 Å². The number of pyridine rings is 1. The molecule has 3 heteroatoms. The number of ether oxygens (including phenoxy) is 1. The molecule has 0 aliphatic heterocycles. The second-order valence-corrected chi connectivity index (χ2v) is 3.74. The predicted molar refractivity (Wildman–Crippen MR) is 55.5 cm³/mol. The molecule has 0 radical (unpaired) electrons. The molecule has 78 valence electrons. The first kappa shape index (κ1) is 10.8. The lowest BCUT2D eigenvalue weighted by atomic mass is 10.1. The highest BCUT2D eigenvalue weighted by atomic mass is 16.5. The fourth-order valence-corrected chi connectivity index (χ4v) is 1.13. The summed E-state index contributed by atoms with van der Waals surface area (Å²) >= 11 is 0. The Labute approximate surface area is 84.7 Å². The van der Waals surface area contributed by atoms with E-state index in [9.17, 15) is 0 Å². The maximum Gasteiger partial charge on any atom is 0.213 e. The molecule has 14 heavy (non-hydrogen) atoms. The van der Waals surface area contributed by atoms with Crippen molar-refractivity contribution in [2.45, 2.75) is 26.7 Å². The highest BCUT2D eigenvalue weighted by molar-refractivity contribution is 5.20. The Morgan fingerprint density at radius 1 is 1.43 bits per heavy atom. The Morgan fingerprint density at radius 2 is 2.21 bits per heavy atom. The third-order valence-electron chi connectivity index (χ3n) is 1.90. The van der Waals surface area contributed by atoms with Crippen molar-refractivity contribution in [3.8, 4) is 11.6 Å². The summed E-state index contributed by atoms with van der Waals surface area (Å²) in [4.78, 5) is 3.92. The van der Waals surface area contributed by atoms with E-state index < -0.39 is 0 Å². The number of rotatable bonds is 5. The zero-order valence-electron chi connectivity index (χ0n) is 8.73. The molecule has 0 spiro atoms. The summed E-state index contributed by atoms with van der Waals surface area (Å²) in [5, 5.41) is 8.98. The molecular weight excluding hydrogens is 178 g/mol. The quantitative estimate of drug-likeness (QED) is 0.734. The Morgan fingerprint density at radius 3 is 2.79 bits per heavy atom. The predicted octanol–water partition coefficient (Wildman–Crippen LogP) is 2.60. The van der Waals surface area contributed by atoms with Crippen LogP contribution in [0.15, 0.2) is 18.3 Å². The minimum Gasteiger partial charge on any atom is -0.506 e. The van der Waals surface area contributed by atoms with E-state index in [0.29, 0.717) is 18.4 Å². The Balaban J connectivity index is 2.21. The van der Waals surface area contributed by atoms with E-state index in [1.807, 2.05) is 0 Å². The summed E-state index contributed by atoms with van der Waals surface area (Å²) in [6, 6.07) is 3.25. The second-order valence-electron chi connectivity index (χ2n) is 3.74. The van der Waals surface area contributed by atoms with Crippen molar-refractivity contribution in [1.82, 2.24) is 4.98 Å². The first-order valence-corrected chi connectivity index (χ1v) is 4.96. The van der Waals surface area contributed by atoms with Gasteiger partial charge in [0.05, 0.1) is 12.8 Å². The maximum absolute atomic E-state index is 8.98. The van der Waals surface area contributed by atoms with Crippen LogP contribution in [0.1, 0.15) is 26.7 Å². The minimum atomic E-state index is 0.166. The normalized spacial score (nSPS) is 10.5. The molecule has 0 aliphatic carbocycles. The number of aromatic hydroxyl groups is 1. The number of hydrogen-bond acceptors (Lipinski definition) is 3. The zero-order valence-corrected chi connectivity index (χ0v) is 8.73. The van der Waals surface area contributed by atoms with E-state index in [2.05, 4.69) is 18.8 Å². The first-order chi connectivity index (χ1) is 6.68. The molecule has 1 aromatic rings. The van der Waals surface area contributed by atoms with Crippen LogP contribution in [0, 0.1) is 5.92 Å². The van der Waals surface area contributed by atoms with Gasteiger partial charge in [0.2, 0.25) is 5.88 Å². The lowest BCUT2D eigenvalue weighted by molar-refractivity contribution is 0.286. The molecule has 0 saturated carbocycles. The summed E-state index contributed by atoms with van der Waals surface area (Å²) in [7, 11) is 0. The molecule has 1 heterocycles. The largest absolute Gasteiger partial charge is 0.506 e. The highest BCUT2D eigenvalue weighted by Crippen LogP contribution is 2.12. The van der Waals surface area contributed by atoms with Crippen molar-refractivity contribution in [2.75, 3.05) is 6.61 Å². The number of hydrogen-bond donors (Lipinski definition) is 1. The van der Waals surface area contributed by atoms with Crippen LogP contribution in [0.2, 0.25) is 0 Å². The van der Waals surface area contributed by atoms with Crippen molar-refractivity contribution in [2.24, 2.45) is 5.92 Å². The van der Waals surface area contributed by atoms with Gasteiger partial charge in [-0.2, -0.15) is 0 Å². The van der Waals surface area contributed by atoms with Crippen molar-refractivity contribution < 1.29 is 9.84 Å². The SMILES string of the molecule is CC(C)CCCOc1ccc(O)cn1. The van der Waals surface area contributed by atoms with Crippen LogP contribution in [0.4, 0.5) is 0 Å². The number of nitrogens with zero attached hydrogens (tertiary/aromatic N) is 1. The van der Waals surface area contributed by atoms with Crippen LogP contribution in [-0.2, 0) is 0 Å². The molecule has 0 atom stereocenters. The fraction of sp³-hybridized carbons (Fsp3) is 0.545. The molecule has 3 nitrogen and oxygen atoms in total. The van der Waals surface area contributed by atoms with E-state index in [0.717, 1.165) is 12.8 Å². The van der Waals surface area contributed by atoms with Gasteiger partial charge in [0, 0.05) is 6.07 Å². The van der Waals surface area contributed by atoms with E-state index >= 15 is 0 Å². The fourth-order valence-electron chi connectivity index (χ4n) is 1.13. The van der Waals surface area contributed by atoms with E-state index in [4.69, 9.17) is 9.84 Å². The molecular formula is C11H17NO2. The molecule has 1 aromatic heterocycles. The van der Waals surface area contributed by atoms with Gasteiger partial charge in [0.15, 0.2) is 0 Å². The first-order valence-electron chi connectivity index (χ1n) is 4.96. The molecule has 0 saturated heterocycles. The summed E-state index contributed by atoms with van der Waals surface area (Å²) in [5.41, 5.74) is 0. The van der Waals surface area contributed by atoms with Gasteiger partial charge in [-0.15, -0.1) is 0 Å². The third kappa shape index (κ3) is 4.12. The second kappa shape index (κ2) is 5.47. The van der Waals surface area contributed by atoms with Crippen molar-refractivity contribution in [1.29, 1.82) is 0 Å². The van der Waals surface area contributed by atoms with Gasteiger partial charge in [-0.05, 0) is 24.8 Å². The van der Waals surface area contributed by atoms with Crippen LogP contribution >= 0.6 is 0 Å².